The maximum atomic E-state index is 11.3. The lowest BCUT2D eigenvalue weighted by molar-refractivity contribution is 0.459. The second-order valence-electron chi connectivity index (χ2n) is 5.89. The highest BCUT2D eigenvalue weighted by Gasteiger charge is 2.07. The lowest BCUT2D eigenvalue weighted by Gasteiger charge is -1.99. The third-order valence-electron chi connectivity index (χ3n) is 3.87. The fraction of sp³-hybridized carbons (Fsp3) is 0.111. The molecule has 144 valence electrons. The molecular weight excluding hydrogens is 411 g/mol. The Labute approximate surface area is 165 Å². The molecule has 0 amide bonds. The molecule has 4 aromatic rings. The molecule has 2 aromatic heterocycles. The quantitative estimate of drug-likeness (QED) is 0.448. The average molecular weight is 423 g/mol. The van der Waals surface area contributed by atoms with Crippen LogP contribution in [0.4, 0.5) is 0 Å². The molecule has 0 saturated heterocycles. The van der Waals surface area contributed by atoms with Gasteiger partial charge in [0.2, 0.25) is 0 Å². The van der Waals surface area contributed by atoms with E-state index in [0.29, 0.717) is 21.1 Å². The van der Waals surface area contributed by atoms with Crippen molar-refractivity contribution in [2.75, 3.05) is 0 Å². The Morgan fingerprint density at radius 2 is 1.04 bits per heavy atom. The molecule has 0 saturated carbocycles. The van der Waals surface area contributed by atoms with E-state index in [1.54, 1.807) is 26.0 Å². The lowest BCUT2D eigenvalue weighted by atomic mass is 10.1. The van der Waals surface area contributed by atoms with Gasteiger partial charge < -0.3 is 8.83 Å². The van der Waals surface area contributed by atoms with Crippen molar-refractivity contribution in [3.05, 3.63) is 87.4 Å². The lowest BCUT2D eigenvalue weighted by Crippen LogP contribution is -2.14. The maximum absolute atomic E-state index is 11.3. The summed E-state index contributed by atoms with van der Waals surface area (Å²) in [5, 5.41) is 1.45. The molecule has 0 radical (unpaired) electrons. The van der Waals surface area contributed by atoms with E-state index in [4.69, 9.17) is 23.2 Å². The average Bonchev–Trinajstić information content (AvgIpc) is 2.58. The van der Waals surface area contributed by atoms with Crippen molar-refractivity contribution in [2.24, 2.45) is 0 Å². The van der Waals surface area contributed by atoms with Gasteiger partial charge in [0, 0.05) is 10.0 Å². The number of halogens is 2. The Kier molecular flexibility index (Phi) is 5.26. The SMILES string of the molecule is Cc1cc(Cl)cc2c(=O)oc(=O)[nH]c12.Cc1cc(Cl)cc2c(=O)oc(=O)[nH]c12. The molecule has 0 aliphatic carbocycles. The molecule has 2 N–H and O–H groups in total. The summed E-state index contributed by atoms with van der Waals surface area (Å²) in [7, 11) is 0. The number of hydrogen-bond donors (Lipinski definition) is 2. The van der Waals surface area contributed by atoms with Gasteiger partial charge in [-0.15, -0.1) is 0 Å². The van der Waals surface area contributed by atoms with Gasteiger partial charge in [0.05, 0.1) is 21.8 Å². The van der Waals surface area contributed by atoms with Gasteiger partial charge in [-0.1, -0.05) is 23.2 Å². The van der Waals surface area contributed by atoms with Gasteiger partial charge >= 0.3 is 22.8 Å². The van der Waals surface area contributed by atoms with Crippen molar-refractivity contribution in [1.29, 1.82) is 0 Å². The third kappa shape index (κ3) is 3.92. The summed E-state index contributed by atoms with van der Waals surface area (Å²) >= 11 is 11.5. The minimum absolute atomic E-state index is 0.287. The Bertz CT molecular complexity index is 1330. The molecule has 0 bridgehead atoms. The molecule has 8 nitrogen and oxygen atoms in total. The van der Waals surface area contributed by atoms with Crippen LogP contribution in [0, 0.1) is 13.8 Å². The first-order valence-electron chi connectivity index (χ1n) is 7.82. The number of aromatic amines is 2. The zero-order valence-corrected chi connectivity index (χ0v) is 16.0. The number of rotatable bonds is 0. The van der Waals surface area contributed by atoms with E-state index in [2.05, 4.69) is 18.8 Å². The van der Waals surface area contributed by atoms with E-state index in [1.807, 2.05) is 0 Å². The molecular formula is C18H12Cl2N2O6. The predicted molar refractivity (Wildman–Crippen MR) is 106 cm³/mol. The highest BCUT2D eigenvalue weighted by Crippen LogP contribution is 2.19. The van der Waals surface area contributed by atoms with Gasteiger partial charge in [0.25, 0.3) is 0 Å². The van der Waals surface area contributed by atoms with Crippen molar-refractivity contribution in [3.63, 3.8) is 0 Å². The molecule has 0 unspecified atom stereocenters. The molecule has 2 aromatic carbocycles. The normalized spacial score (nSPS) is 10.7. The van der Waals surface area contributed by atoms with Gasteiger partial charge in [-0.05, 0) is 49.2 Å². The van der Waals surface area contributed by atoms with Crippen molar-refractivity contribution >= 4 is 45.0 Å². The van der Waals surface area contributed by atoms with E-state index in [-0.39, 0.29) is 10.8 Å². The van der Waals surface area contributed by atoms with Crippen LogP contribution in [0.5, 0.6) is 0 Å². The monoisotopic (exact) mass is 422 g/mol. The summed E-state index contributed by atoms with van der Waals surface area (Å²) in [6.45, 7) is 3.51. The molecule has 0 atom stereocenters. The Balaban J connectivity index is 0.000000161. The molecule has 0 fully saturated rings. The standard InChI is InChI=1S/2C9H6ClNO3/c2*1-4-2-5(10)3-6-7(4)11-9(13)14-8(6)12/h2*2-3H,1H3,(H,11,13). The summed E-state index contributed by atoms with van der Waals surface area (Å²) in [4.78, 5) is 49.2. The predicted octanol–water partition coefficient (Wildman–Crippen LogP) is 2.89. The molecule has 28 heavy (non-hydrogen) atoms. The molecule has 0 aliphatic rings. The minimum atomic E-state index is -0.757. The first-order chi connectivity index (χ1) is 13.2. The van der Waals surface area contributed by atoms with Crippen LogP contribution in [0.15, 0.2) is 52.3 Å². The highest BCUT2D eigenvalue weighted by molar-refractivity contribution is 6.31. The van der Waals surface area contributed by atoms with Crippen LogP contribution < -0.4 is 22.8 Å². The number of benzene rings is 2. The van der Waals surface area contributed by atoms with Crippen molar-refractivity contribution in [1.82, 2.24) is 9.97 Å². The van der Waals surface area contributed by atoms with Crippen molar-refractivity contribution in [2.45, 2.75) is 13.8 Å². The summed E-state index contributed by atoms with van der Waals surface area (Å²) in [5.41, 5.74) is 1.06. The second-order valence-corrected chi connectivity index (χ2v) is 6.77. The van der Waals surface area contributed by atoms with E-state index in [9.17, 15) is 19.2 Å². The van der Waals surface area contributed by atoms with Crippen LogP contribution in [-0.2, 0) is 0 Å². The fourth-order valence-electron chi connectivity index (χ4n) is 2.67. The molecule has 2 heterocycles. The smallest absolute Gasteiger partial charge is 0.372 e. The van der Waals surface area contributed by atoms with Crippen LogP contribution in [0.3, 0.4) is 0 Å². The number of H-pyrrole nitrogens is 2. The summed E-state index contributed by atoms with van der Waals surface area (Å²) in [6, 6.07) is 6.26. The summed E-state index contributed by atoms with van der Waals surface area (Å²) in [6.07, 6.45) is 0. The van der Waals surface area contributed by atoms with Gasteiger partial charge in [-0.25, -0.2) is 19.2 Å². The number of nitrogens with one attached hydrogen (secondary N) is 2. The van der Waals surface area contributed by atoms with Crippen LogP contribution in [0.1, 0.15) is 11.1 Å². The van der Waals surface area contributed by atoms with Gasteiger partial charge in [-0.3, -0.25) is 9.97 Å². The number of aromatic nitrogens is 2. The first-order valence-corrected chi connectivity index (χ1v) is 8.58. The highest BCUT2D eigenvalue weighted by atomic mass is 35.5. The zero-order chi connectivity index (χ0) is 20.6. The summed E-state index contributed by atoms with van der Waals surface area (Å²) < 4.78 is 8.75. The van der Waals surface area contributed by atoms with Gasteiger partial charge in [0.15, 0.2) is 0 Å². The molecule has 4 rings (SSSR count). The van der Waals surface area contributed by atoms with E-state index >= 15 is 0 Å². The van der Waals surface area contributed by atoms with Crippen molar-refractivity contribution in [3.8, 4) is 0 Å². The van der Waals surface area contributed by atoms with Gasteiger partial charge in [-0.2, -0.15) is 0 Å². The van der Waals surface area contributed by atoms with Gasteiger partial charge in [0.1, 0.15) is 0 Å². The van der Waals surface area contributed by atoms with Crippen molar-refractivity contribution < 1.29 is 8.83 Å². The Morgan fingerprint density at radius 1 is 0.679 bits per heavy atom. The second kappa shape index (κ2) is 7.49. The third-order valence-corrected chi connectivity index (χ3v) is 4.30. The molecule has 0 aliphatic heterocycles. The first kappa shape index (κ1) is 19.7. The molecule has 0 spiro atoms. The van der Waals surface area contributed by atoms with Crippen LogP contribution in [0.25, 0.3) is 21.8 Å². The zero-order valence-electron chi connectivity index (χ0n) is 14.5. The van der Waals surface area contributed by atoms with Crippen LogP contribution >= 0.6 is 23.2 Å². The minimum Gasteiger partial charge on any atom is -0.372 e. The summed E-state index contributed by atoms with van der Waals surface area (Å²) in [5.74, 6) is -1.51. The van der Waals surface area contributed by atoms with Crippen LogP contribution in [0.2, 0.25) is 10.0 Å². The van der Waals surface area contributed by atoms with Crippen LogP contribution in [-0.4, -0.2) is 9.97 Å². The number of hydrogen-bond acceptors (Lipinski definition) is 6. The van der Waals surface area contributed by atoms with E-state index < -0.39 is 22.8 Å². The number of fused-ring (bicyclic) bond motifs is 2. The Hall–Kier alpha value is -3.10. The topological polar surface area (TPSA) is 126 Å². The Morgan fingerprint density at radius 3 is 1.39 bits per heavy atom. The number of aryl methyl sites for hydroxylation is 2. The largest absolute Gasteiger partial charge is 0.419 e. The van der Waals surface area contributed by atoms with E-state index in [0.717, 1.165) is 11.1 Å². The molecule has 10 heteroatoms. The van der Waals surface area contributed by atoms with E-state index in [1.165, 1.54) is 12.1 Å². The fourth-order valence-corrected chi connectivity index (χ4v) is 3.22. The maximum Gasteiger partial charge on any atom is 0.419 e.